The first-order valence-electron chi connectivity index (χ1n) is 29.2. The van der Waals surface area contributed by atoms with Crippen LogP contribution in [0.2, 0.25) is 0 Å². The van der Waals surface area contributed by atoms with Crippen molar-refractivity contribution in [1.29, 1.82) is 0 Å². The molecule has 5 heterocycles. The predicted octanol–water partition coefficient (Wildman–Crippen LogP) is -7.55. The third-order valence-corrected chi connectivity index (χ3v) is 17.4. The molecule has 0 aliphatic carbocycles. The summed E-state index contributed by atoms with van der Waals surface area (Å²) in [5.41, 5.74) is 3.07. The molecule has 5 aliphatic rings. The molecule has 90 heavy (non-hydrogen) atoms. The SMILES string of the molecule is [C-]#[N+]C[C@@H](O)[C@@H]1NC(=O)C([C@H](O)Cc2ccc(O)c(S(=O)OO[O-])c2)NC(=O)C2CC(O)CN2C(=O)C(C(C)O)NC(=O)[C@@H](NC(=O)c2ccc(N3CCN(c4ccc(N5CC(C)OC(C)C5)cc4)CC3)cc2)C[C@H](O)CNC(=O)C2[C@@H](O)C(C)CN2C1=O.[Na+]. The Bertz CT molecular complexity index is 3100. The van der Waals surface area contributed by atoms with Gasteiger partial charge in [-0.1, -0.05) is 13.0 Å². The number of phenols is 1. The van der Waals surface area contributed by atoms with Crippen LogP contribution in [0.15, 0.2) is 71.6 Å². The molecule has 0 saturated carbocycles. The fraction of sp³-hybridized carbons (Fsp3) is 0.552. The maximum absolute atomic E-state index is 14.6. The van der Waals surface area contributed by atoms with Crippen molar-refractivity contribution in [3.8, 4) is 5.75 Å². The number of aliphatic hydroxyl groups is 6. The van der Waals surface area contributed by atoms with Crippen molar-refractivity contribution in [1.82, 2.24) is 36.4 Å². The van der Waals surface area contributed by atoms with Crippen LogP contribution in [-0.2, 0) is 60.4 Å². The number of nitrogens with one attached hydrogen (secondary N) is 5. The average molecular weight is 1290 g/mol. The van der Waals surface area contributed by atoms with Crippen molar-refractivity contribution >= 4 is 69.5 Å². The number of nitrogens with zero attached hydrogens (tertiary/aromatic N) is 6. The number of fused-ring (bicyclic) bond motifs is 2. The van der Waals surface area contributed by atoms with Crippen molar-refractivity contribution in [2.75, 3.05) is 80.1 Å². The Hall–Kier alpha value is -6.61. The number of anilines is 3. The molecule has 484 valence electrons. The predicted molar refractivity (Wildman–Crippen MR) is 313 cm³/mol. The second-order valence-corrected chi connectivity index (χ2v) is 24.3. The molecule has 3 aromatic rings. The van der Waals surface area contributed by atoms with Crippen LogP contribution >= 0.6 is 0 Å². The van der Waals surface area contributed by atoms with E-state index < -0.39 is 181 Å². The maximum Gasteiger partial charge on any atom is 1.00 e. The van der Waals surface area contributed by atoms with Gasteiger partial charge in [-0.2, -0.15) is 0 Å². The third-order valence-electron chi connectivity index (χ3n) is 16.5. The number of amides is 7. The quantitative estimate of drug-likeness (QED) is 0.0309. The van der Waals surface area contributed by atoms with Crippen LogP contribution in [0.1, 0.15) is 56.5 Å². The van der Waals surface area contributed by atoms with Crippen molar-refractivity contribution in [2.24, 2.45) is 5.92 Å². The fourth-order valence-electron chi connectivity index (χ4n) is 11.9. The molecule has 8 rings (SSSR count). The van der Waals surface area contributed by atoms with E-state index in [1.54, 1.807) is 12.1 Å². The smallest absolute Gasteiger partial charge is 0.691 e. The number of β-amino-alcohol motifs (C(OH)–C–C–N with tert-alkyl or cyclic N) is 1. The number of hydrogen-bond donors (Lipinski definition) is 12. The van der Waals surface area contributed by atoms with Gasteiger partial charge in [0.25, 0.3) is 5.91 Å². The van der Waals surface area contributed by atoms with E-state index in [4.69, 9.17) is 11.3 Å². The fourth-order valence-corrected chi connectivity index (χ4v) is 12.5. The first kappa shape index (κ1) is 70.8. The molecule has 0 radical (unpaired) electrons. The molecule has 5 fully saturated rings. The molecule has 32 heteroatoms. The Morgan fingerprint density at radius 3 is 1.89 bits per heavy atom. The van der Waals surface area contributed by atoms with Crippen LogP contribution in [0.4, 0.5) is 17.1 Å². The van der Waals surface area contributed by atoms with Crippen LogP contribution in [0.5, 0.6) is 5.75 Å². The van der Waals surface area contributed by atoms with Crippen LogP contribution in [0.3, 0.4) is 0 Å². The topological polar surface area (TPSA) is 410 Å². The van der Waals surface area contributed by atoms with E-state index in [-0.39, 0.29) is 59.4 Å². The number of morpholine rings is 1. The van der Waals surface area contributed by atoms with E-state index in [0.717, 1.165) is 59.0 Å². The van der Waals surface area contributed by atoms with Crippen LogP contribution in [0.25, 0.3) is 4.85 Å². The first-order valence-corrected chi connectivity index (χ1v) is 30.3. The maximum atomic E-state index is 14.6. The Morgan fingerprint density at radius 2 is 1.30 bits per heavy atom. The van der Waals surface area contributed by atoms with Crippen molar-refractivity contribution in [2.45, 2.75) is 137 Å². The number of carbonyl (C=O) groups is 7. The number of hydrogen-bond acceptors (Lipinski definition) is 22. The molecule has 0 aromatic heterocycles. The number of carbonyl (C=O) groups excluding carboxylic acids is 7. The monoisotopic (exact) mass is 1290 g/mol. The number of piperazine rings is 1. The Morgan fingerprint density at radius 1 is 0.733 bits per heavy atom. The van der Waals surface area contributed by atoms with Gasteiger partial charge in [-0.25, -0.2) is 10.8 Å². The molecule has 16 atom stereocenters. The number of ether oxygens (including phenoxy) is 1. The molecule has 5 saturated heterocycles. The van der Waals surface area contributed by atoms with Crippen LogP contribution in [0, 0.1) is 12.5 Å². The van der Waals surface area contributed by atoms with Crippen LogP contribution < -0.4 is 76.1 Å². The average Bonchev–Trinajstić information content (AvgIpc) is 1.90. The van der Waals surface area contributed by atoms with E-state index in [0.29, 0.717) is 26.2 Å². The first-order chi connectivity index (χ1) is 42.3. The van der Waals surface area contributed by atoms with E-state index in [1.807, 2.05) is 0 Å². The van der Waals surface area contributed by atoms with E-state index >= 15 is 0 Å². The summed E-state index contributed by atoms with van der Waals surface area (Å²) in [5, 5.41) is 104. The van der Waals surface area contributed by atoms with Gasteiger partial charge in [0, 0.05) is 107 Å². The zero-order valence-electron chi connectivity index (χ0n) is 50.3. The summed E-state index contributed by atoms with van der Waals surface area (Å²) < 4.78 is 22.5. The van der Waals surface area contributed by atoms with Gasteiger partial charge in [0.05, 0.1) is 42.7 Å². The Balaban J connectivity index is 0.0000115. The van der Waals surface area contributed by atoms with Gasteiger partial charge < -0.3 is 102 Å². The summed E-state index contributed by atoms with van der Waals surface area (Å²) in [6.45, 7) is 16.0. The molecule has 5 aliphatic heterocycles. The van der Waals surface area contributed by atoms with E-state index in [1.165, 1.54) is 25.1 Å². The van der Waals surface area contributed by atoms with E-state index in [9.17, 15) is 78.8 Å². The number of rotatable bonds is 14. The van der Waals surface area contributed by atoms with Gasteiger partial charge >= 0.3 is 29.6 Å². The van der Waals surface area contributed by atoms with Gasteiger partial charge in [0.15, 0.2) is 6.10 Å². The van der Waals surface area contributed by atoms with Gasteiger partial charge in [0.2, 0.25) is 53.1 Å². The molecule has 10 unspecified atom stereocenters. The number of benzene rings is 3. The third kappa shape index (κ3) is 17.1. The number of aliphatic hydroxyl groups excluding tert-OH is 6. The summed E-state index contributed by atoms with van der Waals surface area (Å²) in [6.07, 6.45) is -12.3. The summed E-state index contributed by atoms with van der Waals surface area (Å²) >= 11 is -2.73. The second kappa shape index (κ2) is 31.6. The molecular formula is C58H76N11NaO19S. The van der Waals surface area contributed by atoms with Crippen molar-refractivity contribution < 1.29 is 122 Å². The van der Waals surface area contributed by atoms with Crippen molar-refractivity contribution in [3.63, 3.8) is 0 Å². The zero-order chi connectivity index (χ0) is 64.5. The minimum Gasteiger partial charge on any atom is -0.691 e. The number of aromatic hydroxyl groups is 1. The summed E-state index contributed by atoms with van der Waals surface area (Å²) in [7, 11) is 0. The van der Waals surface area contributed by atoms with Gasteiger partial charge in [-0.15, -0.1) is 4.33 Å². The van der Waals surface area contributed by atoms with Crippen molar-refractivity contribution in [3.05, 3.63) is 89.3 Å². The van der Waals surface area contributed by atoms with Crippen LogP contribution in [-0.4, -0.2) is 242 Å². The minimum absolute atomic E-state index is 0. The Labute approximate surface area is 543 Å². The number of phenolic OH excluding ortho intramolecular Hbond substituents is 1. The molecule has 0 spiro atoms. The molecule has 3 aromatic carbocycles. The molecular weight excluding hydrogens is 1210 g/mol. The van der Waals surface area contributed by atoms with E-state index in [2.05, 4.69) is 93.6 Å². The summed E-state index contributed by atoms with van der Waals surface area (Å²) in [4.78, 5) is 112. The zero-order valence-corrected chi connectivity index (χ0v) is 53.1. The molecule has 12 N–H and O–H groups in total. The van der Waals surface area contributed by atoms with Gasteiger partial charge in [-0.05, 0) is 87.0 Å². The normalized spacial score (nSPS) is 28.9. The summed E-state index contributed by atoms with van der Waals surface area (Å²) in [6, 6.07) is 6.65. The standard InChI is InChI=1S/C58H77N11O19S.Na/c1-30-26-69-50(51(30)76)56(81)60-24-39(71)22-41(61-52(77)35-7-9-36(10-8-35)65-16-18-66(19-17-65)37-11-13-38(14-12-37)67-27-31(2)86-32(3)28-67)53(78)62-47(33(4)70)57(82)68-29-40(72)23-42(68)54(79)63-48(55(80)64-49(58(69)83)45(75)25-59-5)44(74)20-34-6-15-43(73)46(21-34)89(85)88-87-84;/h6-15,21,30-33,39-42,44-45,47-51,70-76,84H,16-20,22-29H2,1-4H3,(H,60,81)(H,61,77)(H,62,78)(H,63,79)(H,64,80);/q;+1/p-1/t30?,31?,32?,33?,39-,40?,41-,42?,44+,45+,47?,48?,49-,50?,51-,89?;/m0./s1. The second-order valence-electron chi connectivity index (χ2n) is 23.2. The van der Waals surface area contributed by atoms with Gasteiger partial charge in [-0.3, -0.25) is 38.6 Å². The summed E-state index contributed by atoms with van der Waals surface area (Å²) in [5.74, 6) is -9.57. The Kier molecular flexibility index (Phi) is 24.9. The molecule has 7 amide bonds. The largest absolute Gasteiger partial charge is 1.00 e. The molecule has 30 nitrogen and oxygen atoms in total. The molecule has 0 bridgehead atoms. The van der Waals surface area contributed by atoms with Gasteiger partial charge in [0.1, 0.15) is 46.9 Å². The minimum atomic E-state index is -2.73.